The van der Waals surface area contributed by atoms with Crippen LogP contribution in [0, 0.1) is 20.8 Å². The summed E-state index contributed by atoms with van der Waals surface area (Å²) in [7, 11) is -0.765. The van der Waals surface area contributed by atoms with Crippen molar-refractivity contribution in [2.45, 2.75) is 36.6 Å². The zero-order chi connectivity index (χ0) is 34.0. The molecule has 0 saturated carbocycles. The number of aromatic nitrogens is 4. The molecule has 47 heavy (non-hydrogen) atoms. The number of hydrogen-bond acceptors (Lipinski definition) is 11. The Labute approximate surface area is 277 Å². The Bertz CT molecular complexity index is 2160. The Hall–Kier alpha value is -4.80. The van der Waals surface area contributed by atoms with Crippen LogP contribution in [-0.2, 0) is 31.4 Å². The van der Waals surface area contributed by atoms with Gasteiger partial charge in [-0.1, -0.05) is 12.1 Å². The molecule has 246 valence electrons. The van der Waals surface area contributed by atoms with E-state index in [1.54, 1.807) is 38.7 Å². The summed E-state index contributed by atoms with van der Waals surface area (Å²) in [6.07, 6.45) is 3.33. The molecule has 6 rings (SSSR count). The molecule has 0 bridgehead atoms. The zero-order valence-corrected chi connectivity index (χ0v) is 28.8. The van der Waals surface area contributed by atoms with Crippen molar-refractivity contribution in [2.24, 2.45) is 0 Å². The number of likely N-dealkylation sites (N-methyl/N-ethyl adjacent to an activating group) is 1. The first-order valence-electron chi connectivity index (χ1n) is 14.0. The third kappa shape index (κ3) is 6.70. The number of benzene rings is 2. The largest absolute Gasteiger partial charge is 0.505 e. The molecule has 0 spiro atoms. The van der Waals surface area contributed by atoms with Gasteiger partial charge in [-0.2, -0.15) is 0 Å². The molecule has 0 aliphatic carbocycles. The number of thiazole rings is 1. The second-order valence-electron chi connectivity index (χ2n) is 10.4. The average Bonchev–Trinajstić information content (AvgIpc) is 3.67. The maximum Gasteiger partial charge on any atom is 0.278 e. The summed E-state index contributed by atoms with van der Waals surface area (Å²) in [5.41, 5.74) is 3.93. The van der Waals surface area contributed by atoms with Crippen molar-refractivity contribution in [3.8, 4) is 11.5 Å². The Balaban J connectivity index is 0.000000185. The lowest BCUT2D eigenvalue weighted by Crippen LogP contribution is -2.37. The summed E-state index contributed by atoms with van der Waals surface area (Å²) in [6, 6.07) is 11.5. The molecular weight excluding hydrogens is 665 g/mol. The fourth-order valence-corrected chi connectivity index (χ4v) is 8.02. The number of carbonyl (C=O) groups is 1. The van der Waals surface area contributed by atoms with Gasteiger partial charge in [-0.25, -0.2) is 18.4 Å². The minimum atomic E-state index is -3.90. The van der Waals surface area contributed by atoms with E-state index < -0.39 is 26.7 Å². The Morgan fingerprint density at radius 3 is 2.51 bits per heavy atom. The fraction of sp³-hybridized carbons (Fsp3) is 0.226. The van der Waals surface area contributed by atoms with E-state index in [-0.39, 0.29) is 27.7 Å². The number of imidazole rings is 1. The number of fused-ring (bicyclic) bond motifs is 2. The van der Waals surface area contributed by atoms with Gasteiger partial charge >= 0.3 is 0 Å². The van der Waals surface area contributed by atoms with Gasteiger partial charge in [0.05, 0.1) is 52.4 Å². The number of amides is 1. The number of H-pyrrole nitrogens is 1. The second kappa shape index (κ2) is 13.5. The first-order chi connectivity index (χ1) is 22.3. The molecule has 4 heterocycles. The molecular formula is C31H32N6O7S3. The topological polar surface area (TPSA) is 177 Å². The molecule has 1 atom stereocenters. The maximum absolute atomic E-state index is 12.7. The van der Waals surface area contributed by atoms with E-state index in [1.165, 1.54) is 30.5 Å². The van der Waals surface area contributed by atoms with Crippen molar-refractivity contribution in [3.05, 3.63) is 87.8 Å². The number of ether oxygens (including phenoxy) is 2. The monoisotopic (exact) mass is 696 g/mol. The van der Waals surface area contributed by atoms with Gasteiger partial charge in [-0.3, -0.25) is 23.6 Å². The van der Waals surface area contributed by atoms with Crippen LogP contribution in [0.4, 0.5) is 5.13 Å². The normalized spacial score (nSPS) is 14.2. The highest BCUT2D eigenvalue weighted by Gasteiger charge is 2.37. The number of aromatic amines is 1. The van der Waals surface area contributed by atoms with Crippen molar-refractivity contribution < 1.29 is 32.0 Å². The highest BCUT2D eigenvalue weighted by Crippen LogP contribution is 2.35. The van der Waals surface area contributed by atoms with Crippen molar-refractivity contribution >= 4 is 60.0 Å². The Morgan fingerprint density at radius 1 is 1.09 bits per heavy atom. The van der Waals surface area contributed by atoms with Crippen LogP contribution < -0.4 is 14.8 Å². The van der Waals surface area contributed by atoms with Gasteiger partial charge in [0.15, 0.2) is 21.7 Å². The van der Waals surface area contributed by atoms with Crippen LogP contribution in [-0.4, -0.2) is 69.1 Å². The SMILES string of the molecule is COc1ccc2nc(S(=O)Cc3ncc(C)c(OC)c3C)[nH]c2c1.Cc1cnc(NC(=O)C2=C(O)c3ccccc3S(=O)(=O)N2C)s1. The van der Waals surface area contributed by atoms with Gasteiger partial charge in [0.1, 0.15) is 11.5 Å². The van der Waals surface area contributed by atoms with Crippen LogP contribution in [0.5, 0.6) is 11.5 Å². The Kier molecular flexibility index (Phi) is 9.65. The van der Waals surface area contributed by atoms with Crippen molar-refractivity contribution in [1.82, 2.24) is 24.2 Å². The molecule has 0 radical (unpaired) electrons. The first-order valence-corrected chi connectivity index (χ1v) is 17.6. The molecule has 1 unspecified atom stereocenters. The molecule has 1 amide bonds. The molecule has 16 heteroatoms. The highest BCUT2D eigenvalue weighted by atomic mass is 32.2. The summed E-state index contributed by atoms with van der Waals surface area (Å²) in [4.78, 5) is 29.2. The molecule has 1 aliphatic heterocycles. The van der Waals surface area contributed by atoms with E-state index in [4.69, 9.17) is 9.47 Å². The number of pyridine rings is 1. The molecule has 0 saturated heterocycles. The summed E-state index contributed by atoms with van der Waals surface area (Å²) in [5.74, 6) is 0.663. The minimum absolute atomic E-state index is 0.0401. The summed E-state index contributed by atoms with van der Waals surface area (Å²) in [5, 5.41) is 13.6. The molecule has 5 aromatic rings. The van der Waals surface area contributed by atoms with Gasteiger partial charge in [0.25, 0.3) is 15.9 Å². The van der Waals surface area contributed by atoms with Gasteiger partial charge in [-0.15, -0.1) is 11.3 Å². The molecule has 3 N–H and O–H groups in total. The smallest absolute Gasteiger partial charge is 0.278 e. The van der Waals surface area contributed by atoms with Crippen molar-refractivity contribution in [2.75, 3.05) is 26.6 Å². The van der Waals surface area contributed by atoms with Crippen LogP contribution in [0.1, 0.15) is 27.3 Å². The summed E-state index contributed by atoms with van der Waals surface area (Å²) < 4.78 is 49.1. The second-order valence-corrected chi connectivity index (χ2v) is 14.9. The number of aliphatic hydroxyl groups is 1. The summed E-state index contributed by atoms with van der Waals surface area (Å²) in [6.45, 7) is 5.69. The third-order valence-electron chi connectivity index (χ3n) is 7.28. The van der Waals surface area contributed by atoms with Crippen LogP contribution in [0.15, 0.2) is 70.6 Å². The zero-order valence-electron chi connectivity index (χ0n) is 26.3. The fourth-order valence-electron chi connectivity index (χ4n) is 4.86. The van der Waals surface area contributed by atoms with Crippen molar-refractivity contribution in [3.63, 3.8) is 0 Å². The number of aryl methyl sites for hydroxylation is 2. The third-order valence-corrected chi connectivity index (χ3v) is 11.1. The Morgan fingerprint density at radius 2 is 1.83 bits per heavy atom. The molecule has 2 aromatic carbocycles. The van der Waals surface area contributed by atoms with Gasteiger partial charge in [-0.05, 0) is 45.0 Å². The predicted octanol–water partition coefficient (Wildman–Crippen LogP) is 4.85. The number of nitrogens with zero attached hydrogens (tertiary/aromatic N) is 4. The van der Waals surface area contributed by atoms with Crippen LogP contribution >= 0.6 is 11.3 Å². The maximum atomic E-state index is 12.7. The first kappa shape index (κ1) is 33.6. The van der Waals surface area contributed by atoms with Crippen molar-refractivity contribution in [1.29, 1.82) is 0 Å². The van der Waals surface area contributed by atoms with Crippen LogP contribution in [0.3, 0.4) is 0 Å². The summed E-state index contributed by atoms with van der Waals surface area (Å²) >= 11 is 1.25. The quantitative estimate of drug-likeness (QED) is 0.213. The van der Waals surface area contributed by atoms with E-state index in [9.17, 15) is 22.5 Å². The molecule has 13 nitrogen and oxygen atoms in total. The predicted molar refractivity (Wildman–Crippen MR) is 179 cm³/mol. The molecule has 0 fully saturated rings. The standard InChI is InChI=1S/C17H19N3O3S.C14H13N3O4S2/c1-10-8-18-15(11(2)16(10)23-4)9-24(21)17-19-13-6-5-12(22-3)7-14(13)20-17;1-8-7-15-14(22-8)16-13(19)11-12(18)9-5-3-4-6-10(9)23(20,21)17(11)2/h5-8H,9H2,1-4H3,(H,19,20);3-7,18H,1-2H3,(H,15,16,19). The number of carbonyl (C=O) groups excluding carboxylic acids is 1. The molecule has 1 aliphatic rings. The number of rotatable bonds is 7. The van der Waals surface area contributed by atoms with Crippen LogP contribution in [0.25, 0.3) is 16.8 Å². The van der Waals surface area contributed by atoms with E-state index in [0.717, 1.165) is 48.5 Å². The van der Waals surface area contributed by atoms with Gasteiger partial charge < -0.3 is 19.6 Å². The lowest BCUT2D eigenvalue weighted by Gasteiger charge is -2.28. The number of methoxy groups -OCH3 is 2. The van der Waals surface area contributed by atoms with E-state index in [2.05, 4.69) is 25.3 Å². The number of hydrogen-bond donors (Lipinski definition) is 3. The number of aliphatic hydroxyl groups excluding tert-OH is 1. The van der Waals surface area contributed by atoms with Gasteiger partial charge in [0, 0.05) is 47.1 Å². The average molecular weight is 697 g/mol. The number of anilines is 1. The van der Waals surface area contributed by atoms with E-state index in [1.807, 2.05) is 39.0 Å². The highest BCUT2D eigenvalue weighted by molar-refractivity contribution is 7.89. The minimum Gasteiger partial charge on any atom is -0.505 e. The number of sulfonamides is 1. The lowest BCUT2D eigenvalue weighted by molar-refractivity contribution is -0.113. The van der Waals surface area contributed by atoms with Gasteiger partial charge in [0.2, 0.25) is 0 Å². The number of nitrogens with one attached hydrogen (secondary N) is 2. The van der Waals surface area contributed by atoms with Crippen LogP contribution in [0.2, 0.25) is 0 Å². The molecule has 3 aromatic heterocycles. The van der Waals surface area contributed by atoms with E-state index in [0.29, 0.717) is 10.3 Å². The van der Waals surface area contributed by atoms with E-state index >= 15 is 0 Å². The lowest BCUT2D eigenvalue weighted by atomic mass is 10.1.